The number of carbonyl (C=O) groups excluding carboxylic acids is 1. The summed E-state index contributed by atoms with van der Waals surface area (Å²) in [6, 6.07) is 0. The van der Waals surface area contributed by atoms with Crippen LogP contribution in [0.3, 0.4) is 0 Å². The van der Waals surface area contributed by atoms with Crippen LogP contribution < -0.4 is 10.6 Å². The average Bonchev–Trinajstić information content (AvgIpc) is 3.01. The molecular formula is C14H27N3O4. The maximum atomic E-state index is 11.0. The van der Waals surface area contributed by atoms with Crippen LogP contribution in [0.25, 0.3) is 0 Å². The van der Waals surface area contributed by atoms with Gasteiger partial charge in [-0.1, -0.05) is 0 Å². The monoisotopic (exact) mass is 301 g/mol. The van der Waals surface area contributed by atoms with Gasteiger partial charge in [-0.25, -0.2) is 0 Å². The van der Waals surface area contributed by atoms with Crippen LogP contribution in [0.5, 0.6) is 0 Å². The highest BCUT2D eigenvalue weighted by molar-refractivity contribution is 5.80. The first-order chi connectivity index (χ1) is 10.3. The summed E-state index contributed by atoms with van der Waals surface area (Å²) in [5, 5.41) is 6.22. The molecule has 7 heteroatoms. The Morgan fingerprint density at radius 2 is 2.19 bits per heavy atom. The van der Waals surface area contributed by atoms with Gasteiger partial charge in [0.1, 0.15) is 0 Å². The molecule has 1 aliphatic rings. The highest BCUT2D eigenvalue weighted by atomic mass is 16.5. The molecule has 0 aromatic rings. The van der Waals surface area contributed by atoms with Gasteiger partial charge in [-0.2, -0.15) is 0 Å². The molecule has 0 aromatic heterocycles. The van der Waals surface area contributed by atoms with Gasteiger partial charge >= 0.3 is 5.97 Å². The maximum Gasteiger partial charge on any atom is 0.307 e. The smallest absolute Gasteiger partial charge is 0.307 e. The van der Waals surface area contributed by atoms with Crippen LogP contribution in [0.15, 0.2) is 4.99 Å². The molecule has 0 amide bonds. The molecule has 21 heavy (non-hydrogen) atoms. The van der Waals surface area contributed by atoms with E-state index in [0.29, 0.717) is 24.8 Å². The third-order valence-corrected chi connectivity index (χ3v) is 3.21. The van der Waals surface area contributed by atoms with Crippen LogP contribution in [0.2, 0.25) is 0 Å². The van der Waals surface area contributed by atoms with Gasteiger partial charge in [0.05, 0.1) is 26.7 Å². The number of carbonyl (C=O) groups is 1. The van der Waals surface area contributed by atoms with Crippen molar-refractivity contribution in [2.75, 3.05) is 53.7 Å². The number of guanidine groups is 1. The normalized spacial score (nSPS) is 18.6. The van der Waals surface area contributed by atoms with Crippen molar-refractivity contribution in [3.63, 3.8) is 0 Å². The molecule has 2 N–H and O–H groups in total. The molecule has 1 unspecified atom stereocenters. The molecular weight excluding hydrogens is 274 g/mol. The van der Waals surface area contributed by atoms with Crippen molar-refractivity contribution in [3.05, 3.63) is 0 Å². The molecule has 1 atom stereocenters. The fraction of sp³-hybridized carbons (Fsp3) is 0.857. The number of hydrogen-bond donors (Lipinski definition) is 2. The topological polar surface area (TPSA) is 81.2 Å². The zero-order chi connectivity index (χ0) is 15.3. The molecule has 1 fully saturated rings. The van der Waals surface area contributed by atoms with E-state index in [0.717, 1.165) is 45.8 Å². The SMILES string of the molecule is CN=C(NCCCOCC1CCOC1)NCCC(=O)OC. The van der Waals surface area contributed by atoms with Crippen molar-refractivity contribution >= 4 is 11.9 Å². The van der Waals surface area contributed by atoms with Gasteiger partial charge < -0.3 is 24.8 Å². The number of methoxy groups -OCH3 is 1. The van der Waals surface area contributed by atoms with Gasteiger partial charge in [-0.3, -0.25) is 9.79 Å². The van der Waals surface area contributed by atoms with Gasteiger partial charge in [0, 0.05) is 39.3 Å². The summed E-state index contributed by atoms with van der Waals surface area (Å²) in [7, 11) is 3.08. The van der Waals surface area contributed by atoms with Crippen LogP contribution in [-0.4, -0.2) is 65.6 Å². The van der Waals surface area contributed by atoms with Gasteiger partial charge in [0.25, 0.3) is 0 Å². The van der Waals surface area contributed by atoms with E-state index in [4.69, 9.17) is 9.47 Å². The van der Waals surface area contributed by atoms with Gasteiger partial charge in [-0.05, 0) is 12.8 Å². The minimum absolute atomic E-state index is 0.234. The summed E-state index contributed by atoms with van der Waals surface area (Å²) in [6.07, 6.45) is 2.34. The first kappa shape index (κ1) is 17.7. The molecule has 1 heterocycles. The third kappa shape index (κ3) is 8.52. The van der Waals surface area contributed by atoms with Crippen molar-refractivity contribution in [2.24, 2.45) is 10.9 Å². The number of hydrogen-bond acceptors (Lipinski definition) is 5. The van der Waals surface area contributed by atoms with E-state index in [1.54, 1.807) is 7.05 Å². The van der Waals surface area contributed by atoms with Crippen LogP contribution in [0.1, 0.15) is 19.3 Å². The predicted molar refractivity (Wildman–Crippen MR) is 80.4 cm³/mol. The van der Waals surface area contributed by atoms with Crippen LogP contribution in [-0.2, 0) is 19.0 Å². The minimum atomic E-state index is -0.234. The van der Waals surface area contributed by atoms with E-state index < -0.39 is 0 Å². The Labute approximate surface area is 126 Å². The Kier molecular flexibility index (Phi) is 9.56. The van der Waals surface area contributed by atoms with E-state index >= 15 is 0 Å². The molecule has 0 radical (unpaired) electrons. The molecule has 7 nitrogen and oxygen atoms in total. The summed E-state index contributed by atoms with van der Waals surface area (Å²) in [6.45, 7) is 4.48. The first-order valence-electron chi connectivity index (χ1n) is 7.43. The second kappa shape index (κ2) is 11.3. The first-order valence-corrected chi connectivity index (χ1v) is 7.43. The summed E-state index contributed by atoms with van der Waals surface area (Å²) in [5.41, 5.74) is 0. The second-order valence-electron chi connectivity index (χ2n) is 4.91. The lowest BCUT2D eigenvalue weighted by molar-refractivity contribution is -0.140. The Bertz CT molecular complexity index is 317. The zero-order valence-corrected chi connectivity index (χ0v) is 13.0. The molecule has 0 saturated carbocycles. The maximum absolute atomic E-state index is 11.0. The van der Waals surface area contributed by atoms with Gasteiger partial charge in [-0.15, -0.1) is 0 Å². The second-order valence-corrected chi connectivity index (χ2v) is 4.91. The number of rotatable bonds is 9. The summed E-state index contributed by atoms with van der Waals surface area (Å²) in [5.74, 6) is 1.01. The van der Waals surface area contributed by atoms with E-state index in [1.807, 2.05) is 0 Å². The van der Waals surface area contributed by atoms with Crippen molar-refractivity contribution < 1.29 is 19.0 Å². The highest BCUT2D eigenvalue weighted by Crippen LogP contribution is 2.12. The Balaban J connectivity index is 1.95. The summed E-state index contributed by atoms with van der Waals surface area (Å²) < 4.78 is 15.5. The number of esters is 1. The molecule has 0 bridgehead atoms. The Morgan fingerprint density at radius 3 is 2.86 bits per heavy atom. The third-order valence-electron chi connectivity index (χ3n) is 3.21. The van der Waals surface area contributed by atoms with Crippen LogP contribution in [0.4, 0.5) is 0 Å². The van der Waals surface area contributed by atoms with Crippen LogP contribution in [0, 0.1) is 5.92 Å². The Morgan fingerprint density at radius 1 is 1.38 bits per heavy atom. The fourth-order valence-electron chi connectivity index (χ4n) is 1.95. The molecule has 0 spiro atoms. The number of nitrogens with zero attached hydrogens (tertiary/aromatic N) is 1. The molecule has 1 saturated heterocycles. The van der Waals surface area contributed by atoms with Crippen molar-refractivity contribution in [1.29, 1.82) is 0 Å². The molecule has 0 aromatic carbocycles. The standard InChI is InChI=1S/C14H27N3O4/c1-15-14(17-7-4-13(18)19-2)16-6-3-8-20-10-12-5-9-21-11-12/h12H,3-11H2,1-2H3,(H2,15,16,17). The predicted octanol–water partition coefficient (Wildman–Crippen LogP) is 0.158. The number of ether oxygens (including phenoxy) is 3. The minimum Gasteiger partial charge on any atom is -0.469 e. The molecule has 0 aliphatic carbocycles. The lowest BCUT2D eigenvalue weighted by Crippen LogP contribution is -2.39. The summed E-state index contributed by atoms with van der Waals surface area (Å²) in [4.78, 5) is 15.1. The largest absolute Gasteiger partial charge is 0.469 e. The van der Waals surface area contributed by atoms with E-state index in [1.165, 1.54) is 7.11 Å². The summed E-state index contributed by atoms with van der Waals surface area (Å²) >= 11 is 0. The zero-order valence-electron chi connectivity index (χ0n) is 13.0. The van der Waals surface area contributed by atoms with Crippen molar-refractivity contribution in [3.8, 4) is 0 Å². The van der Waals surface area contributed by atoms with Crippen LogP contribution >= 0.6 is 0 Å². The van der Waals surface area contributed by atoms with E-state index in [9.17, 15) is 4.79 Å². The fourth-order valence-corrected chi connectivity index (χ4v) is 1.95. The molecule has 1 aliphatic heterocycles. The quantitative estimate of drug-likeness (QED) is 0.273. The molecule has 122 valence electrons. The lowest BCUT2D eigenvalue weighted by atomic mass is 10.1. The number of aliphatic imine (C=N–C) groups is 1. The van der Waals surface area contributed by atoms with Gasteiger partial charge in [0.2, 0.25) is 0 Å². The highest BCUT2D eigenvalue weighted by Gasteiger charge is 2.15. The van der Waals surface area contributed by atoms with Gasteiger partial charge in [0.15, 0.2) is 5.96 Å². The number of nitrogens with one attached hydrogen (secondary N) is 2. The van der Waals surface area contributed by atoms with Crippen molar-refractivity contribution in [2.45, 2.75) is 19.3 Å². The molecule has 1 rings (SSSR count). The Hall–Kier alpha value is -1.34. The van der Waals surface area contributed by atoms with E-state index in [2.05, 4.69) is 20.4 Å². The van der Waals surface area contributed by atoms with E-state index in [-0.39, 0.29) is 5.97 Å². The lowest BCUT2D eigenvalue weighted by Gasteiger charge is -2.12. The van der Waals surface area contributed by atoms with Crippen molar-refractivity contribution in [1.82, 2.24) is 10.6 Å². The average molecular weight is 301 g/mol.